The normalized spacial score (nSPS) is 16.5. The molecule has 0 aromatic rings. The minimum atomic E-state index is 0. The molecule has 0 nitrogen and oxygen atoms in total. The van der Waals surface area contributed by atoms with E-state index < -0.39 is 0 Å². The fraction of sp³-hybridized carbons (Fsp3) is 0.462. The molecule has 1 aliphatic carbocycles. The summed E-state index contributed by atoms with van der Waals surface area (Å²) in [6.45, 7) is 17.4. The van der Waals surface area contributed by atoms with Crippen molar-refractivity contribution in [2.45, 2.75) is 34.6 Å². The molecule has 0 spiro atoms. The van der Waals surface area contributed by atoms with Crippen LogP contribution in [-0.2, 0) is 34.7 Å². The van der Waals surface area contributed by atoms with E-state index in [2.05, 4.69) is 54.2 Å². The maximum absolute atomic E-state index is 3.44. The third kappa shape index (κ3) is 5.70. The van der Waals surface area contributed by atoms with Crippen LogP contribution in [0, 0.1) is 18.4 Å². The number of hydrogen-bond donors (Lipinski definition) is 0. The van der Waals surface area contributed by atoms with Crippen molar-refractivity contribution in [1.29, 1.82) is 0 Å². The largest absolute Gasteiger partial charge is 2.00 e. The number of hydrogen-bond acceptors (Lipinski definition) is 0. The van der Waals surface area contributed by atoms with E-state index in [0.717, 1.165) is 0 Å². The summed E-state index contributed by atoms with van der Waals surface area (Å²) in [4.78, 5) is 0. The molecule has 0 saturated carbocycles. The third-order valence-electron chi connectivity index (χ3n) is 2.56. The predicted octanol–water partition coefficient (Wildman–Crippen LogP) is 4.11. The van der Waals surface area contributed by atoms with E-state index in [-0.39, 0.29) is 40.1 Å². The van der Waals surface area contributed by atoms with E-state index in [4.69, 9.17) is 0 Å². The average molecular weight is 280 g/mol. The van der Waals surface area contributed by atoms with Gasteiger partial charge in [-0.25, -0.2) is 25.2 Å². The van der Waals surface area contributed by atoms with E-state index >= 15 is 0 Å². The fourth-order valence-corrected chi connectivity index (χ4v) is 1.41. The van der Waals surface area contributed by atoms with Crippen molar-refractivity contribution in [3.63, 3.8) is 0 Å². The second-order valence-electron chi connectivity index (χ2n) is 3.91. The van der Waals surface area contributed by atoms with Gasteiger partial charge in [0.15, 0.2) is 0 Å². The van der Waals surface area contributed by atoms with Gasteiger partial charge in [-0.2, -0.15) is 11.1 Å². The molecular formula is C13H20Cr2. The van der Waals surface area contributed by atoms with E-state index in [1.54, 1.807) is 0 Å². The van der Waals surface area contributed by atoms with Gasteiger partial charge in [0.1, 0.15) is 0 Å². The maximum atomic E-state index is 3.44. The molecule has 2 heteroatoms. The van der Waals surface area contributed by atoms with Crippen LogP contribution < -0.4 is 0 Å². The molecule has 0 saturated heterocycles. The van der Waals surface area contributed by atoms with Gasteiger partial charge in [-0.15, -0.1) is 6.92 Å². The molecule has 1 rings (SSSR count). The van der Waals surface area contributed by atoms with Gasteiger partial charge in [-0.1, -0.05) is 33.1 Å². The fourth-order valence-electron chi connectivity index (χ4n) is 1.41. The van der Waals surface area contributed by atoms with Gasteiger partial charge in [0, 0.05) is 17.4 Å². The maximum Gasteiger partial charge on any atom is 2.00 e. The quantitative estimate of drug-likeness (QED) is 0.586. The minimum absolute atomic E-state index is 0. The van der Waals surface area contributed by atoms with Crippen molar-refractivity contribution in [3.05, 3.63) is 42.4 Å². The standard InChI is InChI=1S/C10H15.C3H5.2Cr/c1-7-6-10(4,5)9(3)8(7)2;1-3-2;;/h1-5H3;3H,1-2H2;;/q2*-1;;+2. The topological polar surface area (TPSA) is 0 Å². The Morgan fingerprint density at radius 2 is 1.60 bits per heavy atom. The molecule has 1 aliphatic rings. The Kier molecular flexibility index (Phi) is 11.4. The second kappa shape index (κ2) is 8.32. The summed E-state index contributed by atoms with van der Waals surface area (Å²) in [7, 11) is 0. The monoisotopic (exact) mass is 280 g/mol. The SMILES string of the molecule is C=C[CH2-].CC1=[C-]C(C)(C)C(C)=C1C.[Cr+2].[Cr]. The van der Waals surface area contributed by atoms with Gasteiger partial charge in [0.2, 0.25) is 0 Å². The van der Waals surface area contributed by atoms with Crippen LogP contribution in [0.3, 0.4) is 0 Å². The Labute approximate surface area is 117 Å². The van der Waals surface area contributed by atoms with Crippen molar-refractivity contribution in [2.75, 3.05) is 0 Å². The first-order valence-electron chi connectivity index (χ1n) is 4.57. The van der Waals surface area contributed by atoms with Crippen LogP contribution in [0.1, 0.15) is 34.6 Å². The minimum Gasteiger partial charge on any atom is -0.263 e. The van der Waals surface area contributed by atoms with Crippen LogP contribution in [0.4, 0.5) is 0 Å². The molecule has 0 aromatic heterocycles. The Morgan fingerprint density at radius 1 is 1.27 bits per heavy atom. The van der Waals surface area contributed by atoms with Gasteiger partial charge >= 0.3 is 17.4 Å². The Bertz CT molecular complexity index is 258. The van der Waals surface area contributed by atoms with Crippen LogP contribution in [-0.4, -0.2) is 0 Å². The smallest absolute Gasteiger partial charge is 0.263 e. The molecule has 0 unspecified atom stereocenters. The second-order valence-corrected chi connectivity index (χ2v) is 3.91. The molecule has 0 fully saturated rings. The molecule has 0 radical (unpaired) electrons. The molecule has 0 amide bonds. The first kappa shape index (κ1) is 20.6. The summed E-state index contributed by atoms with van der Waals surface area (Å²) >= 11 is 0. The van der Waals surface area contributed by atoms with Gasteiger partial charge in [-0.05, 0) is 0 Å². The van der Waals surface area contributed by atoms with Gasteiger partial charge in [0.25, 0.3) is 0 Å². The van der Waals surface area contributed by atoms with Crippen LogP contribution in [0.2, 0.25) is 0 Å². The molecule has 0 atom stereocenters. The van der Waals surface area contributed by atoms with Crippen molar-refractivity contribution < 1.29 is 34.7 Å². The summed E-state index contributed by atoms with van der Waals surface area (Å²) in [5, 5.41) is 0. The summed E-state index contributed by atoms with van der Waals surface area (Å²) in [6.07, 6.45) is 4.94. The molecule has 84 valence electrons. The molecule has 0 bridgehead atoms. The van der Waals surface area contributed by atoms with Crippen LogP contribution in [0.5, 0.6) is 0 Å². The summed E-state index contributed by atoms with van der Waals surface area (Å²) in [5.74, 6) is 0. The Balaban J connectivity index is -0.000000260. The number of allylic oxidation sites excluding steroid dienone is 5. The van der Waals surface area contributed by atoms with Crippen molar-refractivity contribution in [3.8, 4) is 0 Å². The zero-order chi connectivity index (χ0) is 10.6. The van der Waals surface area contributed by atoms with Crippen LogP contribution >= 0.6 is 0 Å². The molecule has 15 heavy (non-hydrogen) atoms. The van der Waals surface area contributed by atoms with Gasteiger partial charge < -0.3 is 0 Å². The van der Waals surface area contributed by atoms with Crippen molar-refractivity contribution in [2.24, 2.45) is 5.41 Å². The van der Waals surface area contributed by atoms with E-state index in [9.17, 15) is 0 Å². The summed E-state index contributed by atoms with van der Waals surface area (Å²) in [6, 6.07) is 0. The molecule has 0 aromatic carbocycles. The molecular weight excluding hydrogens is 260 g/mol. The van der Waals surface area contributed by atoms with E-state index in [0.29, 0.717) is 0 Å². The first-order valence-corrected chi connectivity index (χ1v) is 4.57. The molecule has 0 N–H and O–H groups in total. The van der Waals surface area contributed by atoms with Crippen molar-refractivity contribution >= 4 is 0 Å². The van der Waals surface area contributed by atoms with E-state index in [1.807, 2.05) is 0 Å². The molecule has 0 aliphatic heterocycles. The van der Waals surface area contributed by atoms with Crippen LogP contribution in [0.15, 0.2) is 29.4 Å². The van der Waals surface area contributed by atoms with Crippen LogP contribution in [0.25, 0.3) is 0 Å². The average Bonchev–Trinajstić information content (AvgIpc) is 2.16. The van der Waals surface area contributed by atoms with Gasteiger partial charge in [-0.3, -0.25) is 6.08 Å². The van der Waals surface area contributed by atoms with E-state index in [1.165, 1.54) is 22.8 Å². The zero-order valence-corrected chi connectivity index (χ0v) is 12.9. The predicted molar refractivity (Wildman–Crippen MR) is 60.1 cm³/mol. The summed E-state index contributed by atoms with van der Waals surface area (Å²) in [5.41, 5.74) is 4.39. The molecule has 0 heterocycles. The zero-order valence-electron chi connectivity index (χ0n) is 10.3. The first-order chi connectivity index (χ1) is 5.86. The third-order valence-corrected chi connectivity index (χ3v) is 2.56. The Hall–Kier alpha value is 0.155. The summed E-state index contributed by atoms with van der Waals surface area (Å²) < 4.78 is 0. The Morgan fingerprint density at radius 3 is 1.67 bits per heavy atom. The van der Waals surface area contributed by atoms with Gasteiger partial charge in [0.05, 0.1) is 0 Å². The number of rotatable bonds is 0. The van der Waals surface area contributed by atoms with Crippen molar-refractivity contribution in [1.82, 2.24) is 0 Å².